The Morgan fingerprint density at radius 3 is 2.48 bits per heavy atom. The lowest BCUT2D eigenvalue weighted by Crippen LogP contribution is -2.26. The van der Waals surface area contributed by atoms with E-state index in [9.17, 15) is 13.2 Å². The van der Waals surface area contributed by atoms with Crippen molar-refractivity contribution in [3.05, 3.63) is 63.1 Å². The molecule has 2 aromatic carbocycles. The molecular weight excluding hydrogens is 402 g/mol. The van der Waals surface area contributed by atoms with Gasteiger partial charge in [0.15, 0.2) is 9.84 Å². The molecule has 2 aromatic rings. The molecule has 0 fully saturated rings. The number of benzene rings is 2. The van der Waals surface area contributed by atoms with Crippen molar-refractivity contribution in [1.29, 1.82) is 0 Å². The van der Waals surface area contributed by atoms with E-state index in [1.165, 1.54) is 23.1 Å². The van der Waals surface area contributed by atoms with Crippen LogP contribution in [0.4, 0.5) is 0 Å². The summed E-state index contributed by atoms with van der Waals surface area (Å²) < 4.78 is 24.2. The van der Waals surface area contributed by atoms with Crippen LogP contribution in [-0.2, 0) is 16.4 Å². The predicted molar refractivity (Wildman–Crippen MR) is 94.5 cm³/mol. The van der Waals surface area contributed by atoms with Crippen LogP contribution in [-0.4, -0.2) is 32.5 Å². The summed E-state index contributed by atoms with van der Waals surface area (Å²) in [7, 11) is -1.76. The molecule has 2 rings (SSSR count). The number of hydrogen-bond donors (Lipinski definition) is 0. The third-order valence-electron chi connectivity index (χ3n) is 3.31. The lowest BCUT2D eigenvalue weighted by atomic mass is 10.1. The Hall–Kier alpha value is -1.37. The fraction of sp³-hybridized carbons (Fsp3) is 0.188. The fourth-order valence-corrected chi connectivity index (χ4v) is 3.31. The molecular formula is C16H15BrClNO3S. The van der Waals surface area contributed by atoms with Crippen LogP contribution < -0.4 is 0 Å². The minimum absolute atomic E-state index is 0.0690. The minimum atomic E-state index is -3.40. The van der Waals surface area contributed by atoms with Gasteiger partial charge in [0.2, 0.25) is 0 Å². The summed E-state index contributed by atoms with van der Waals surface area (Å²) in [5.74, 6) is -0.337. The van der Waals surface area contributed by atoms with Crippen LogP contribution in [0.5, 0.6) is 0 Å². The molecule has 0 aromatic heterocycles. The highest BCUT2D eigenvalue weighted by Gasteiger charge is 2.19. The van der Waals surface area contributed by atoms with E-state index in [0.717, 1.165) is 16.3 Å². The third kappa shape index (κ3) is 4.34. The van der Waals surface area contributed by atoms with Crippen LogP contribution in [0, 0.1) is 0 Å². The van der Waals surface area contributed by atoms with E-state index >= 15 is 0 Å². The van der Waals surface area contributed by atoms with E-state index in [0.29, 0.717) is 6.54 Å². The standard InChI is InChI=1S/C16H15BrClNO3S/c1-19(10-11-5-3-4-6-14(11)17)16(20)13-9-12(23(2,21)22)7-8-15(13)18/h3-9H,10H2,1-2H3. The summed E-state index contributed by atoms with van der Waals surface area (Å²) >= 11 is 9.51. The molecule has 0 atom stereocenters. The first kappa shape index (κ1) is 18.0. The van der Waals surface area contributed by atoms with Gasteiger partial charge in [-0.15, -0.1) is 0 Å². The molecule has 4 nitrogen and oxygen atoms in total. The van der Waals surface area contributed by atoms with Crippen LogP contribution in [0.15, 0.2) is 51.8 Å². The highest BCUT2D eigenvalue weighted by molar-refractivity contribution is 9.10. The zero-order valence-electron chi connectivity index (χ0n) is 12.6. The first-order valence-corrected chi connectivity index (χ1v) is 9.75. The molecule has 0 spiro atoms. The Kier molecular flexibility index (Phi) is 5.49. The largest absolute Gasteiger partial charge is 0.337 e. The summed E-state index contributed by atoms with van der Waals surface area (Å²) in [5, 5.41) is 0.223. The second-order valence-electron chi connectivity index (χ2n) is 5.17. The van der Waals surface area contributed by atoms with Crippen molar-refractivity contribution in [2.45, 2.75) is 11.4 Å². The van der Waals surface area contributed by atoms with E-state index in [4.69, 9.17) is 11.6 Å². The van der Waals surface area contributed by atoms with Gasteiger partial charge in [-0.3, -0.25) is 4.79 Å². The van der Waals surface area contributed by atoms with Crippen LogP contribution in [0.2, 0.25) is 5.02 Å². The molecule has 122 valence electrons. The van der Waals surface area contributed by atoms with Gasteiger partial charge < -0.3 is 4.90 Å². The molecule has 0 bridgehead atoms. The Morgan fingerprint density at radius 2 is 1.87 bits per heavy atom. The summed E-state index contributed by atoms with van der Waals surface area (Å²) in [4.78, 5) is 14.2. The average molecular weight is 417 g/mol. The number of nitrogens with zero attached hydrogens (tertiary/aromatic N) is 1. The van der Waals surface area contributed by atoms with Gasteiger partial charge in [-0.1, -0.05) is 45.7 Å². The Balaban J connectivity index is 2.31. The summed E-state index contributed by atoms with van der Waals surface area (Å²) in [5.41, 5.74) is 1.11. The third-order valence-corrected chi connectivity index (χ3v) is 5.52. The van der Waals surface area contributed by atoms with E-state index in [2.05, 4.69) is 15.9 Å². The maximum absolute atomic E-state index is 12.6. The highest BCUT2D eigenvalue weighted by atomic mass is 79.9. The van der Waals surface area contributed by atoms with E-state index in [1.54, 1.807) is 7.05 Å². The van der Waals surface area contributed by atoms with Crippen molar-refractivity contribution in [3.63, 3.8) is 0 Å². The summed E-state index contributed by atoms with van der Waals surface area (Å²) in [6, 6.07) is 11.7. The number of halogens is 2. The van der Waals surface area contributed by atoms with Gasteiger partial charge in [-0.05, 0) is 29.8 Å². The monoisotopic (exact) mass is 415 g/mol. The maximum Gasteiger partial charge on any atom is 0.255 e. The van der Waals surface area contributed by atoms with E-state index in [1.807, 2.05) is 24.3 Å². The van der Waals surface area contributed by atoms with Crippen molar-refractivity contribution >= 4 is 43.3 Å². The van der Waals surface area contributed by atoms with Gasteiger partial charge >= 0.3 is 0 Å². The summed E-state index contributed by atoms with van der Waals surface area (Å²) in [6.45, 7) is 0.375. The van der Waals surface area contributed by atoms with Gasteiger partial charge in [-0.2, -0.15) is 0 Å². The normalized spacial score (nSPS) is 11.3. The molecule has 1 amide bonds. The SMILES string of the molecule is CN(Cc1ccccc1Br)C(=O)c1cc(S(C)(=O)=O)ccc1Cl. The van der Waals surface area contributed by atoms with Gasteiger partial charge in [0.1, 0.15) is 0 Å². The van der Waals surface area contributed by atoms with Gasteiger partial charge in [0.05, 0.1) is 15.5 Å². The Labute approximate surface area is 149 Å². The quantitative estimate of drug-likeness (QED) is 0.762. The van der Waals surface area contributed by atoms with Gasteiger partial charge in [0.25, 0.3) is 5.91 Å². The number of hydrogen-bond acceptors (Lipinski definition) is 3. The molecule has 0 N–H and O–H groups in total. The smallest absolute Gasteiger partial charge is 0.255 e. The first-order chi connectivity index (χ1) is 10.7. The van der Waals surface area contributed by atoms with Crippen molar-refractivity contribution in [2.75, 3.05) is 13.3 Å². The Morgan fingerprint density at radius 1 is 1.22 bits per heavy atom. The van der Waals surface area contributed by atoms with Crippen molar-refractivity contribution in [1.82, 2.24) is 4.90 Å². The molecule has 0 unspecified atom stereocenters. The second kappa shape index (κ2) is 7.03. The lowest BCUT2D eigenvalue weighted by molar-refractivity contribution is 0.0785. The summed E-state index contributed by atoms with van der Waals surface area (Å²) in [6.07, 6.45) is 1.09. The number of carbonyl (C=O) groups is 1. The maximum atomic E-state index is 12.6. The van der Waals surface area contributed by atoms with Crippen molar-refractivity contribution < 1.29 is 13.2 Å². The molecule has 0 saturated heterocycles. The zero-order valence-corrected chi connectivity index (χ0v) is 15.7. The molecule has 23 heavy (non-hydrogen) atoms. The van der Waals surface area contributed by atoms with Crippen LogP contribution in [0.25, 0.3) is 0 Å². The van der Waals surface area contributed by atoms with E-state index < -0.39 is 9.84 Å². The predicted octanol–water partition coefficient (Wildman–Crippen LogP) is 3.78. The average Bonchev–Trinajstić information content (AvgIpc) is 2.48. The molecule has 0 aliphatic carbocycles. The first-order valence-electron chi connectivity index (χ1n) is 6.68. The zero-order chi connectivity index (χ0) is 17.2. The van der Waals surface area contributed by atoms with Crippen molar-refractivity contribution in [2.24, 2.45) is 0 Å². The van der Waals surface area contributed by atoms with Crippen molar-refractivity contribution in [3.8, 4) is 0 Å². The van der Waals surface area contributed by atoms with Crippen LogP contribution in [0.3, 0.4) is 0 Å². The lowest BCUT2D eigenvalue weighted by Gasteiger charge is -2.19. The number of carbonyl (C=O) groups excluding carboxylic acids is 1. The minimum Gasteiger partial charge on any atom is -0.337 e. The van der Waals surface area contributed by atoms with E-state index in [-0.39, 0.29) is 21.4 Å². The van der Waals surface area contributed by atoms with Gasteiger partial charge in [-0.25, -0.2) is 8.42 Å². The number of amides is 1. The highest BCUT2D eigenvalue weighted by Crippen LogP contribution is 2.23. The van der Waals surface area contributed by atoms with Gasteiger partial charge in [0, 0.05) is 24.3 Å². The topological polar surface area (TPSA) is 54.5 Å². The molecule has 7 heteroatoms. The molecule has 0 aliphatic heterocycles. The van der Waals surface area contributed by atoms with Crippen LogP contribution >= 0.6 is 27.5 Å². The second-order valence-corrected chi connectivity index (χ2v) is 8.44. The molecule has 0 aliphatic rings. The molecule has 0 saturated carbocycles. The number of sulfone groups is 1. The molecule has 0 radical (unpaired) electrons. The molecule has 0 heterocycles. The Bertz CT molecular complexity index is 852. The van der Waals surface area contributed by atoms with Crippen LogP contribution in [0.1, 0.15) is 15.9 Å². The fourth-order valence-electron chi connectivity index (χ4n) is 2.06. The number of rotatable bonds is 4.